The van der Waals surface area contributed by atoms with Crippen molar-refractivity contribution in [2.24, 2.45) is 0 Å². The summed E-state index contributed by atoms with van der Waals surface area (Å²) in [6, 6.07) is 10.4. The number of hydrogen-bond donors (Lipinski definition) is 1. The summed E-state index contributed by atoms with van der Waals surface area (Å²) in [5.41, 5.74) is 0.700. The Balaban J connectivity index is 2.32. The van der Waals surface area contributed by atoms with Crippen LogP contribution in [0.2, 0.25) is 5.02 Å². The highest BCUT2D eigenvalue weighted by Crippen LogP contribution is 2.26. The molecule has 138 valence electrons. The van der Waals surface area contributed by atoms with Crippen LogP contribution in [0.25, 0.3) is 0 Å². The van der Waals surface area contributed by atoms with Crippen LogP contribution in [0.4, 0.5) is 11.4 Å². The van der Waals surface area contributed by atoms with Gasteiger partial charge >= 0.3 is 0 Å². The van der Waals surface area contributed by atoms with E-state index in [0.29, 0.717) is 10.6 Å². The van der Waals surface area contributed by atoms with Crippen LogP contribution in [0.15, 0.2) is 42.5 Å². The number of carbonyl (C=O) groups excluding carboxylic acids is 2. The molecule has 0 fully saturated rings. The van der Waals surface area contributed by atoms with E-state index in [-0.39, 0.29) is 16.9 Å². The van der Waals surface area contributed by atoms with Gasteiger partial charge in [0.25, 0.3) is 0 Å². The zero-order valence-corrected chi connectivity index (χ0v) is 15.6. The van der Waals surface area contributed by atoms with Gasteiger partial charge in [-0.15, -0.1) is 0 Å². The van der Waals surface area contributed by atoms with Gasteiger partial charge in [-0.25, -0.2) is 8.42 Å². The zero-order valence-electron chi connectivity index (χ0n) is 14.0. The van der Waals surface area contributed by atoms with E-state index in [1.807, 2.05) is 0 Å². The second kappa shape index (κ2) is 7.76. The number of carbonyl (C=O) groups is 2. The number of nitrogens with zero attached hydrogens (tertiary/aromatic N) is 1. The van der Waals surface area contributed by atoms with Gasteiger partial charge in [-0.1, -0.05) is 35.9 Å². The highest BCUT2D eigenvalue weighted by atomic mass is 35.5. The number of carboxylic acids is 1. The van der Waals surface area contributed by atoms with E-state index >= 15 is 0 Å². The number of rotatable bonds is 6. The van der Waals surface area contributed by atoms with E-state index in [0.717, 1.165) is 10.6 Å². The van der Waals surface area contributed by atoms with Crippen molar-refractivity contribution < 1.29 is 23.1 Å². The number of carboxylic acid groups (broad SMARTS) is 1. The van der Waals surface area contributed by atoms with Crippen LogP contribution in [0.5, 0.6) is 0 Å². The van der Waals surface area contributed by atoms with Gasteiger partial charge < -0.3 is 15.2 Å². The lowest BCUT2D eigenvalue weighted by Crippen LogP contribution is -2.38. The van der Waals surface area contributed by atoms with Crippen molar-refractivity contribution in [2.45, 2.75) is 6.92 Å². The van der Waals surface area contributed by atoms with Crippen molar-refractivity contribution in [1.29, 1.82) is 0 Å². The first-order valence-corrected chi connectivity index (χ1v) is 9.66. The molecule has 2 aromatic carbocycles. The molecule has 1 amide bonds. The third kappa shape index (κ3) is 4.74. The quantitative estimate of drug-likeness (QED) is 0.795. The van der Waals surface area contributed by atoms with E-state index in [1.54, 1.807) is 19.1 Å². The Morgan fingerprint density at radius 2 is 1.85 bits per heavy atom. The lowest BCUT2D eigenvalue weighted by molar-refractivity contribution is -0.254. The normalized spacial score (nSPS) is 11.0. The monoisotopic (exact) mass is 395 g/mol. The number of anilines is 2. The first kappa shape index (κ1) is 19.7. The molecule has 2 rings (SSSR count). The second-order valence-corrected chi connectivity index (χ2v) is 7.92. The smallest absolute Gasteiger partial charge is 0.245 e. The Kier molecular flexibility index (Phi) is 5.89. The maximum Gasteiger partial charge on any atom is 0.245 e. The summed E-state index contributed by atoms with van der Waals surface area (Å²) in [4.78, 5) is 23.5. The largest absolute Gasteiger partial charge is 0.545 e. The predicted octanol–water partition coefficient (Wildman–Crippen LogP) is 1.42. The molecule has 0 heterocycles. The number of halogens is 1. The van der Waals surface area contributed by atoms with Gasteiger partial charge in [-0.05, 0) is 30.7 Å². The molecule has 26 heavy (non-hydrogen) atoms. The number of hydrogen-bond acceptors (Lipinski definition) is 5. The number of sulfonamides is 1. The fraction of sp³-hybridized carbons (Fsp3) is 0.176. The molecule has 7 nitrogen and oxygen atoms in total. The van der Waals surface area contributed by atoms with Crippen LogP contribution >= 0.6 is 11.6 Å². The van der Waals surface area contributed by atoms with Gasteiger partial charge in [-0.2, -0.15) is 0 Å². The van der Waals surface area contributed by atoms with Crippen LogP contribution in [0.1, 0.15) is 15.9 Å². The molecule has 1 N–H and O–H groups in total. The Morgan fingerprint density at radius 1 is 1.19 bits per heavy atom. The summed E-state index contributed by atoms with van der Waals surface area (Å²) < 4.78 is 25.2. The number of aromatic carboxylic acids is 1. The lowest BCUT2D eigenvalue weighted by atomic mass is 10.2. The van der Waals surface area contributed by atoms with Crippen molar-refractivity contribution in [2.75, 3.05) is 22.4 Å². The average Bonchev–Trinajstić information content (AvgIpc) is 2.54. The fourth-order valence-electron chi connectivity index (χ4n) is 2.32. The van der Waals surface area contributed by atoms with E-state index in [1.165, 1.54) is 30.3 Å². The summed E-state index contributed by atoms with van der Waals surface area (Å²) in [5.74, 6) is -2.16. The van der Waals surface area contributed by atoms with Crippen molar-refractivity contribution in [1.82, 2.24) is 0 Å². The summed E-state index contributed by atoms with van der Waals surface area (Å²) in [6.07, 6.45) is 0.968. The number of para-hydroxylation sites is 1. The van der Waals surface area contributed by atoms with Gasteiger partial charge in [0.15, 0.2) is 0 Å². The topological polar surface area (TPSA) is 107 Å². The molecule has 0 spiro atoms. The molecule has 0 aliphatic rings. The number of benzene rings is 2. The Morgan fingerprint density at radius 3 is 2.46 bits per heavy atom. The minimum absolute atomic E-state index is 0.0220. The number of aryl methyl sites for hydroxylation is 1. The first-order chi connectivity index (χ1) is 12.1. The van der Waals surface area contributed by atoms with Crippen LogP contribution in [0, 0.1) is 6.92 Å². The third-order valence-electron chi connectivity index (χ3n) is 3.55. The van der Waals surface area contributed by atoms with Gasteiger partial charge in [0.1, 0.15) is 6.54 Å². The Labute approximate surface area is 156 Å². The molecule has 0 aromatic heterocycles. The third-order valence-corrected chi connectivity index (χ3v) is 4.91. The van der Waals surface area contributed by atoms with Crippen molar-refractivity contribution in [3.63, 3.8) is 0 Å². The van der Waals surface area contributed by atoms with E-state index in [2.05, 4.69) is 5.32 Å². The van der Waals surface area contributed by atoms with Gasteiger partial charge in [0, 0.05) is 16.3 Å². The van der Waals surface area contributed by atoms with Crippen LogP contribution in [-0.4, -0.2) is 33.1 Å². The Hall–Kier alpha value is -2.58. The first-order valence-electron chi connectivity index (χ1n) is 7.43. The average molecular weight is 396 g/mol. The molecular formula is C17H16ClN2O5S-. The van der Waals surface area contributed by atoms with Crippen LogP contribution in [-0.2, 0) is 14.8 Å². The summed E-state index contributed by atoms with van der Waals surface area (Å²) >= 11 is 5.94. The van der Waals surface area contributed by atoms with Crippen LogP contribution in [0.3, 0.4) is 0 Å². The zero-order chi connectivity index (χ0) is 19.5. The molecular weight excluding hydrogens is 380 g/mol. The fourth-order valence-corrected chi connectivity index (χ4v) is 3.39. The van der Waals surface area contributed by atoms with Crippen molar-refractivity contribution >= 4 is 44.9 Å². The molecule has 0 unspecified atom stereocenters. The maximum absolute atomic E-state index is 12.4. The summed E-state index contributed by atoms with van der Waals surface area (Å²) in [7, 11) is -3.79. The minimum Gasteiger partial charge on any atom is -0.545 e. The molecule has 0 atom stereocenters. The highest BCUT2D eigenvalue weighted by Gasteiger charge is 2.23. The molecule has 0 aliphatic carbocycles. The van der Waals surface area contributed by atoms with E-state index in [4.69, 9.17) is 11.6 Å². The number of amides is 1. The molecule has 0 bridgehead atoms. The minimum atomic E-state index is -3.79. The number of nitrogens with one attached hydrogen (secondary N) is 1. The molecule has 0 saturated heterocycles. The van der Waals surface area contributed by atoms with Gasteiger partial charge in [0.2, 0.25) is 15.9 Å². The Bertz CT molecular complexity index is 959. The molecule has 0 aliphatic heterocycles. The van der Waals surface area contributed by atoms with Crippen LogP contribution < -0.4 is 14.7 Å². The van der Waals surface area contributed by atoms with Gasteiger partial charge in [-0.3, -0.25) is 9.10 Å². The maximum atomic E-state index is 12.4. The standard InChI is InChI=1S/C17H17ClN2O5S/c1-11-7-8-12(18)9-15(11)20(26(2,24)25)10-16(21)19-14-6-4-3-5-13(14)17(22)23/h3-9H,10H2,1-2H3,(H,19,21)(H,22,23)/p-1. The SMILES string of the molecule is Cc1ccc(Cl)cc1N(CC(=O)Nc1ccccc1C(=O)[O-])S(C)(=O)=O. The molecule has 0 radical (unpaired) electrons. The lowest BCUT2D eigenvalue weighted by Gasteiger charge is -2.24. The summed E-state index contributed by atoms with van der Waals surface area (Å²) in [5, 5.41) is 13.8. The summed E-state index contributed by atoms with van der Waals surface area (Å²) in [6.45, 7) is 1.15. The second-order valence-electron chi connectivity index (χ2n) is 5.58. The van der Waals surface area contributed by atoms with Gasteiger partial charge in [0.05, 0.1) is 17.9 Å². The van der Waals surface area contributed by atoms with E-state index in [9.17, 15) is 23.1 Å². The van der Waals surface area contributed by atoms with E-state index < -0.39 is 28.4 Å². The molecule has 0 saturated carbocycles. The highest BCUT2D eigenvalue weighted by molar-refractivity contribution is 7.92. The molecule has 9 heteroatoms. The van der Waals surface area contributed by atoms with Crippen molar-refractivity contribution in [3.05, 3.63) is 58.6 Å². The van der Waals surface area contributed by atoms with Crippen molar-refractivity contribution in [3.8, 4) is 0 Å². The molecule has 2 aromatic rings. The predicted molar refractivity (Wildman–Crippen MR) is 97.8 cm³/mol.